The average molecular weight is 370 g/mol. The Morgan fingerprint density at radius 1 is 1.08 bits per heavy atom. The molecule has 0 aliphatic carbocycles. The van der Waals surface area contributed by atoms with Gasteiger partial charge in [0.05, 0.1) is 0 Å². The number of carbonyl (C=O) groups is 1. The molecular weight excluding hydrogens is 349 g/mol. The second-order valence-corrected chi connectivity index (χ2v) is 5.44. The molecule has 24 heavy (non-hydrogen) atoms. The molecule has 1 aromatic heterocycles. The maximum Gasteiger partial charge on any atom is 0.253 e. The topological polar surface area (TPSA) is 68.5 Å². The first kappa shape index (κ1) is 20.2. The molecule has 1 amide bonds. The van der Waals surface area contributed by atoms with E-state index in [9.17, 15) is 4.79 Å². The number of likely N-dealkylation sites (tertiary alicyclic amines) is 1. The molecule has 0 spiro atoms. The fourth-order valence-electron chi connectivity index (χ4n) is 2.52. The van der Waals surface area contributed by atoms with Gasteiger partial charge >= 0.3 is 0 Å². The van der Waals surface area contributed by atoms with Crippen molar-refractivity contribution in [2.45, 2.75) is 18.9 Å². The van der Waals surface area contributed by atoms with Crippen molar-refractivity contribution in [3.8, 4) is 11.5 Å². The Morgan fingerprint density at radius 3 is 2.42 bits per heavy atom. The van der Waals surface area contributed by atoms with Gasteiger partial charge in [-0.2, -0.15) is 0 Å². The molecule has 1 saturated heterocycles. The molecule has 7 heteroatoms. The monoisotopic (exact) mass is 369 g/mol. The molecule has 1 aliphatic heterocycles. The first-order valence-electron chi connectivity index (χ1n) is 7.45. The standard InChI is InChI=1S/C17H19N3O2.2ClH/c18-14-6-10-20(11-7-14)17(21)13-2-1-3-16(12-13)22-15-4-8-19-9-5-15;;/h1-5,8-9,12,14H,6-7,10-11,18H2;2*1H. The number of ether oxygens (including phenoxy) is 1. The molecule has 2 heterocycles. The summed E-state index contributed by atoms with van der Waals surface area (Å²) in [6, 6.07) is 11.0. The molecule has 0 saturated carbocycles. The molecule has 1 fully saturated rings. The maximum absolute atomic E-state index is 12.5. The molecule has 1 aliphatic rings. The summed E-state index contributed by atoms with van der Waals surface area (Å²) in [5.74, 6) is 1.38. The van der Waals surface area contributed by atoms with Crippen molar-refractivity contribution in [3.63, 3.8) is 0 Å². The van der Waals surface area contributed by atoms with Crippen LogP contribution in [0.5, 0.6) is 11.5 Å². The number of pyridine rings is 1. The zero-order valence-electron chi connectivity index (χ0n) is 13.1. The van der Waals surface area contributed by atoms with Crippen LogP contribution in [-0.4, -0.2) is 34.9 Å². The second-order valence-electron chi connectivity index (χ2n) is 5.44. The number of benzene rings is 1. The third-order valence-electron chi connectivity index (χ3n) is 3.79. The van der Waals surface area contributed by atoms with Crippen LogP contribution >= 0.6 is 24.8 Å². The third-order valence-corrected chi connectivity index (χ3v) is 3.79. The highest BCUT2D eigenvalue weighted by molar-refractivity contribution is 5.94. The average Bonchev–Trinajstić information content (AvgIpc) is 2.56. The summed E-state index contributed by atoms with van der Waals surface area (Å²) >= 11 is 0. The lowest BCUT2D eigenvalue weighted by molar-refractivity contribution is 0.0714. The van der Waals surface area contributed by atoms with Crippen molar-refractivity contribution in [2.75, 3.05) is 13.1 Å². The molecule has 2 aromatic rings. The van der Waals surface area contributed by atoms with Gasteiger partial charge in [0.2, 0.25) is 0 Å². The SMILES string of the molecule is Cl.Cl.NC1CCN(C(=O)c2cccc(Oc3ccncc3)c2)CC1. The van der Waals surface area contributed by atoms with Gasteiger partial charge in [-0.15, -0.1) is 24.8 Å². The van der Waals surface area contributed by atoms with Crippen molar-refractivity contribution in [1.29, 1.82) is 0 Å². The van der Waals surface area contributed by atoms with Crippen LogP contribution in [0.4, 0.5) is 0 Å². The fraction of sp³-hybridized carbons (Fsp3) is 0.294. The normalized spacial score (nSPS) is 14.3. The summed E-state index contributed by atoms with van der Waals surface area (Å²) in [6.45, 7) is 1.44. The summed E-state index contributed by atoms with van der Waals surface area (Å²) in [4.78, 5) is 18.3. The van der Waals surface area contributed by atoms with Crippen LogP contribution in [-0.2, 0) is 0 Å². The van der Waals surface area contributed by atoms with Crippen molar-refractivity contribution < 1.29 is 9.53 Å². The van der Waals surface area contributed by atoms with E-state index >= 15 is 0 Å². The van der Waals surface area contributed by atoms with E-state index in [2.05, 4.69) is 4.98 Å². The molecule has 5 nitrogen and oxygen atoms in total. The van der Waals surface area contributed by atoms with Gasteiger partial charge in [0.15, 0.2) is 0 Å². The second kappa shape index (κ2) is 9.47. The Hall–Kier alpha value is -1.82. The predicted molar refractivity (Wildman–Crippen MR) is 98.4 cm³/mol. The lowest BCUT2D eigenvalue weighted by Gasteiger charge is -2.30. The molecule has 0 unspecified atom stereocenters. The van der Waals surface area contributed by atoms with Crippen molar-refractivity contribution in [1.82, 2.24) is 9.88 Å². The van der Waals surface area contributed by atoms with Crippen LogP contribution < -0.4 is 10.5 Å². The zero-order valence-corrected chi connectivity index (χ0v) is 14.8. The highest BCUT2D eigenvalue weighted by atomic mass is 35.5. The molecule has 3 rings (SSSR count). The summed E-state index contributed by atoms with van der Waals surface area (Å²) in [5.41, 5.74) is 6.52. The number of amides is 1. The zero-order chi connectivity index (χ0) is 15.4. The van der Waals surface area contributed by atoms with E-state index in [0.717, 1.165) is 25.9 Å². The summed E-state index contributed by atoms with van der Waals surface area (Å²) in [6.07, 6.45) is 5.06. The maximum atomic E-state index is 12.5. The number of rotatable bonds is 3. The van der Waals surface area contributed by atoms with Gasteiger partial charge in [0, 0.05) is 37.1 Å². The van der Waals surface area contributed by atoms with Crippen LogP contribution in [0.1, 0.15) is 23.2 Å². The van der Waals surface area contributed by atoms with Crippen molar-refractivity contribution >= 4 is 30.7 Å². The number of piperidine rings is 1. The van der Waals surface area contributed by atoms with E-state index in [1.165, 1.54) is 0 Å². The molecular formula is C17H21Cl2N3O2. The highest BCUT2D eigenvalue weighted by Crippen LogP contribution is 2.22. The smallest absolute Gasteiger partial charge is 0.253 e. The number of halogens is 2. The number of aromatic nitrogens is 1. The Morgan fingerprint density at radius 2 is 1.75 bits per heavy atom. The summed E-state index contributed by atoms with van der Waals surface area (Å²) < 4.78 is 5.74. The quantitative estimate of drug-likeness (QED) is 0.900. The Balaban J connectivity index is 0.00000144. The molecule has 130 valence electrons. The largest absolute Gasteiger partial charge is 0.457 e. The van der Waals surface area contributed by atoms with Gasteiger partial charge in [-0.1, -0.05) is 6.07 Å². The molecule has 1 aromatic carbocycles. The van der Waals surface area contributed by atoms with E-state index < -0.39 is 0 Å². The van der Waals surface area contributed by atoms with Crippen LogP contribution in [0.25, 0.3) is 0 Å². The first-order valence-corrected chi connectivity index (χ1v) is 7.45. The minimum atomic E-state index is 0. The van der Waals surface area contributed by atoms with Gasteiger partial charge < -0.3 is 15.4 Å². The van der Waals surface area contributed by atoms with E-state index in [4.69, 9.17) is 10.5 Å². The molecule has 0 bridgehead atoms. The number of nitrogens with zero attached hydrogens (tertiary/aromatic N) is 2. The molecule has 2 N–H and O–H groups in total. The number of nitrogens with two attached hydrogens (primary N) is 1. The Labute approximate surface area is 154 Å². The van der Waals surface area contributed by atoms with Gasteiger partial charge in [0.1, 0.15) is 11.5 Å². The van der Waals surface area contributed by atoms with E-state index in [1.54, 1.807) is 30.6 Å². The van der Waals surface area contributed by atoms with Gasteiger partial charge in [-0.3, -0.25) is 9.78 Å². The Bertz CT molecular complexity index is 647. The van der Waals surface area contributed by atoms with Crippen LogP contribution in [0.3, 0.4) is 0 Å². The van der Waals surface area contributed by atoms with E-state index in [-0.39, 0.29) is 36.8 Å². The summed E-state index contributed by atoms with van der Waals surface area (Å²) in [7, 11) is 0. The fourth-order valence-corrected chi connectivity index (χ4v) is 2.52. The highest BCUT2D eigenvalue weighted by Gasteiger charge is 2.21. The number of hydrogen-bond acceptors (Lipinski definition) is 4. The van der Waals surface area contributed by atoms with Crippen LogP contribution in [0, 0.1) is 0 Å². The van der Waals surface area contributed by atoms with E-state index in [0.29, 0.717) is 17.1 Å². The number of hydrogen-bond donors (Lipinski definition) is 1. The summed E-state index contributed by atoms with van der Waals surface area (Å²) in [5, 5.41) is 0. The minimum Gasteiger partial charge on any atom is -0.457 e. The minimum absolute atomic E-state index is 0. The van der Waals surface area contributed by atoms with Crippen molar-refractivity contribution in [2.24, 2.45) is 5.73 Å². The lowest BCUT2D eigenvalue weighted by Crippen LogP contribution is -2.42. The first-order chi connectivity index (χ1) is 10.7. The molecule has 0 radical (unpaired) electrons. The van der Waals surface area contributed by atoms with Crippen molar-refractivity contribution in [3.05, 3.63) is 54.4 Å². The predicted octanol–water partition coefficient (Wildman–Crippen LogP) is 3.28. The molecule has 0 atom stereocenters. The third kappa shape index (κ3) is 5.09. The van der Waals surface area contributed by atoms with Gasteiger partial charge in [-0.05, 0) is 43.2 Å². The Kier molecular flexibility index (Phi) is 7.98. The van der Waals surface area contributed by atoms with Crippen LogP contribution in [0.2, 0.25) is 0 Å². The lowest BCUT2D eigenvalue weighted by atomic mass is 10.0. The van der Waals surface area contributed by atoms with Gasteiger partial charge in [0.25, 0.3) is 5.91 Å². The van der Waals surface area contributed by atoms with Crippen LogP contribution in [0.15, 0.2) is 48.8 Å². The van der Waals surface area contributed by atoms with E-state index in [1.807, 2.05) is 23.1 Å². The van der Waals surface area contributed by atoms with Gasteiger partial charge in [-0.25, -0.2) is 0 Å². The number of carbonyl (C=O) groups excluding carboxylic acids is 1.